The standard InChI is InChI=1S/C32H44N4O2/c1-4-5-6-7-8-9-10-19-35-22-25(20-34-35)23-36(26-17-18-30(24(2)3)33-21-26)32(38)29-15-11-14-28-27(29)13-12-16-31(28)37/h12-13,16-18,20-22,24,29,37H,4-11,14-15,19,23H2,1-3H3. The van der Waals surface area contributed by atoms with E-state index in [0.717, 1.165) is 60.3 Å². The first kappa shape index (κ1) is 27.9. The molecule has 38 heavy (non-hydrogen) atoms. The third-order valence-electron chi connectivity index (χ3n) is 7.74. The van der Waals surface area contributed by atoms with E-state index in [1.54, 1.807) is 6.07 Å². The number of carbonyl (C=O) groups excluding carboxylic acids is 1. The highest BCUT2D eigenvalue weighted by Crippen LogP contribution is 2.38. The number of rotatable bonds is 13. The fourth-order valence-electron chi connectivity index (χ4n) is 5.49. The largest absolute Gasteiger partial charge is 0.508 e. The van der Waals surface area contributed by atoms with Crippen LogP contribution in [0.4, 0.5) is 5.69 Å². The lowest BCUT2D eigenvalue weighted by Crippen LogP contribution is -2.36. The number of unbranched alkanes of at least 4 members (excludes halogenated alkanes) is 6. The number of fused-ring (bicyclic) bond motifs is 1. The van der Waals surface area contributed by atoms with Crippen molar-refractivity contribution in [2.75, 3.05) is 4.90 Å². The number of amides is 1. The van der Waals surface area contributed by atoms with Crippen LogP contribution >= 0.6 is 0 Å². The summed E-state index contributed by atoms with van der Waals surface area (Å²) in [4.78, 5) is 20.6. The van der Waals surface area contributed by atoms with Crippen molar-refractivity contribution >= 4 is 11.6 Å². The summed E-state index contributed by atoms with van der Waals surface area (Å²) < 4.78 is 2.01. The predicted molar refractivity (Wildman–Crippen MR) is 154 cm³/mol. The zero-order valence-corrected chi connectivity index (χ0v) is 23.4. The molecule has 204 valence electrons. The van der Waals surface area contributed by atoms with Crippen molar-refractivity contribution in [3.8, 4) is 5.75 Å². The maximum Gasteiger partial charge on any atom is 0.234 e. The number of hydrogen-bond donors (Lipinski definition) is 1. The summed E-state index contributed by atoms with van der Waals surface area (Å²) in [5.74, 6) is 0.390. The first-order valence-corrected chi connectivity index (χ1v) is 14.6. The zero-order valence-electron chi connectivity index (χ0n) is 23.4. The summed E-state index contributed by atoms with van der Waals surface area (Å²) in [5.41, 5.74) is 4.68. The summed E-state index contributed by atoms with van der Waals surface area (Å²) >= 11 is 0. The van der Waals surface area contributed by atoms with Crippen molar-refractivity contribution in [2.45, 2.75) is 110 Å². The molecule has 0 aliphatic heterocycles. The molecule has 1 unspecified atom stereocenters. The van der Waals surface area contributed by atoms with Crippen molar-refractivity contribution in [2.24, 2.45) is 0 Å². The van der Waals surface area contributed by atoms with Gasteiger partial charge in [-0.1, -0.05) is 71.4 Å². The van der Waals surface area contributed by atoms with E-state index < -0.39 is 0 Å². The Kier molecular flexibility index (Phi) is 9.97. The van der Waals surface area contributed by atoms with Crippen LogP contribution in [-0.2, 0) is 24.3 Å². The van der Waals surface area contributed by atoms with Crippen LogP contribution in [0.3, 0.4) is 0 Å². The summed E-state index contributed by atoms with van der Waals surface area (Å²) in [6, 6.07) is 9.59. The van der Waals surface area contributed by atoms with Gasteiger partial charge in [0, 0.05) is 24.0 Å². The van der Waals surface area contributed by atoms with E-state index in [2.05, 4.69) is 37.1 Å². The van der Waals surface area contributed by atoms with Crippen molar-refractivity contribution in [1.29, 1.82) is 0 Å². The zero-order chi connectivity index (χ0) is 26.9. The molecule has 3 aromatic rings. The van der Waals surface area contributed by atoms with Gasteiger partial charge < -0.3 is 10.0 Å². The highest BCUT2D eigenvalue weighted by molar-refractivity contribution is 5.98. The topological polar surface area (TPSA) is 71.2 Å². The molecule has 1 aliphatic carbocycles. The van der Waals surface area contributed by atoms with Crippen LogP contribution in [0.2, 0.25) is 0 Å². The van der Waals surface area contributed by atoms with E-state index in [1.165, 1.54) is 38.5 Å². The van der Waals surface area contributed by atoms with Gasteiger partial charge in [-0.25, -0.2) is 0 Å². The molecule has 1 N–H and O–H groups in total. The molecular weight excluding hydrogens is 472 g/mol. The fourth-order valence-corrected chi connectivity index (χ4v) is 5.49. The number of aryl methyl sites for hydroxylation is 1. The summed E-state index contributed by atoms with van der Waals surface area (Å²) in [6.07, 6.45) is 17.2. The number of anilines is 1. The maximum absolute atomic E-state index is 14.1. The van der Waals surface area contributed by atoms with Crippen molar-refractivity contribution < 1.29 is 9.90 Å². The molecule has 1 aromatic carbocycles. The van der Waals surface area contributed by atoms with E-state index >= 15 is 0 Å². The number of carbonyl (C=O) groups is 1. The lowest BCUT2D eigenvalue weighted by atomic mass is 9.81. The first-order chi connectivity index (χ1) is 18.5. The second-order valence-electron chi connectivity index (χ2n) is 11.0. The number of hydrogen-bond acceptors (Lipinski definition) is 4. The molecule has 0 saturated carbocycles. The van der Waals surface area contributed by atoms with E-state index in [4.69, 9.17) is 0 Å². The third kappa shape index (κ3) is 7.03. The van der Waals surface area contributed by atoms with Gasteiger partial charge in [0.2, 0.25) is 5.91 Å². The Morgan fingerprint density at radius 3 is 2.61 bits per heavy atom. The Morgan fingerprint density at radius 1 is 1.08 bits per heavy atom. The van der Waals surface area contributed by atoms with E-state index in [0.29, 0.717) is 18.2 Å². The molecule has 2 aromatic heterocycles. The highest BCUT2D eigenvalue weighted by atomic mass is 16.3. The average Bonchev–Trinajstić information content (AvgIpc) is 3.38. The second kappa shape index (κ2) is 13.6. The molecule has 1 amide bonds. The Hall–Kier alpha value is -3.15. The Bertz CT molecular complexity index is 1170. The minimum atomic E-state index is -0.279. The van der Waals surface area contributed by atoms with Crippen LogP contribution in [0.5, 0.6) is 5.75 Å². The van der Waals surface area contributed by atoms with Gasteiger partial charge in [0.15, 0.2) is 0 Å². The van der Waals surface area contributed by atoms with Crippen molar-refractivity contribution in [1.82, 2.24) is 14.8 Å². The quantitative estimate of drug-likeness (QED) is 0.239. The second-order valence-corrected chi connectivity index (χ2v) is 11.0. The van der Waals surface area contributed by atoms with Crippen LogP contribution in [0, 0.1) is 0 Å². The molecular formula is C32H44N4O2. The molecule has 6 heteroatoms. The lowest BCUT2D eigenvalue weighted by molar-refractivity contribution is -0.120. The molecule has 1 atom stereocenters. The number of benzene rings is 1. The third-order valence-corrected chi connectivity index (χ3v) is 7.74. The molecule has 0 bridgehead atoms. The number of aromatic nitrogens is 3. The van der Waals surface area contributed by atoms with E-state index in [1.807, 2.05) is 46.2 Å². The fraction of sp³-hybridized carbons (Fsp3) is 0.531. The number of phenolic OH excluding ortho intramolecular Hbond substituents is 1. The molecule has 6 nitrogen and oxygen atoms in total. The van der Waals surface area contributed by atoms with Gasteiger partial charge in [0.1, 0.15) is 5.75 Å². The molecule has 0 spiro atoms. The Labute approximate surface area is 228 Å². The predicted octanol–water partition coefficient (Wildman–Crippen LogP) is 7.51. The van der Waals surface area contributed by atoms with Crippen LogP contribution in [0.1, 0.15) is 113 Å². The van der Waals surface area contributed by atoms with Gasteiger partial charge in [-0.15, -0.1) is 0 Å². The minimum Gasteiger partial charge on any atom is -0.508 e. The van der Waals surface area contributed by atoms with Gasteiger partial charge >= 0.3 is 0 Å². The van der Waals surface area contributed by atoms with Gasteiger partial charge in [-0.05, 0) is 60.9 Å². The van der Waals surface area contributed by atoms with Crippen LogP contribution in [0.25, 0.3) is 0 Å². The molecule has 2 heterocycles. The summed E-state index contributed by atoms with van der Waals surface area (Å²) in [6.45, 7) is 7.84. The van der Waals surface area contributed by atoms with Crippen molar-refractivity contribution in [3.63, 3.8) is 0 Å². The Morgan fingerprint density at radius 2 is 1.87 bits per heavy atom. The number of aromatic hydroxyl groups is 1. The number of phenols is 1. The molecule has 1 aliphatic rings. The van der Waals surface area contributed by atoms with Gasteiger partial charge in [-0.3, -0.25) is 14.5 Å². The van der Waals surface area contributed by atoms with Crippen LogP contribution < -0.4 is 4.90 Å². The van der Waals surface area contributed by atoms with Gasteiger partial charge in [0.25, 0.3) is 0 Å². The monoisotopic (exact) mass is 516 g/mol. The lowest BCUT2D eigenvalue weighted by Gasteiger charge is -2.31. The van der Waals surface area contributed by atoms with Gasteiger partial charge in [0.05, 0.1) is 30.5 Å². The van der Waals surface area contributed by atoms with Crippen LogP contribution in [0.15, 0.2) is 48.9 Å². The molecule has 0 saturated heterocycles. The molecule has 0 radical (unpaired) electrons. The van der Waals surface area contributed by atoms with E-state index in [-0.39, 0.29) is 11.8 Å². The average molecular weight is 517 g/mol. The number of nitrogens with zero attached hydrogens (tertiary/aromatic N) is 4. The molecule has 4 rings (SSSR count). The van der Waals surface area contributed by atoms with E-state index in [9.17, 15) is 9.90 Å². The highest BCUT2D eigenvalue weighted by Gasteiger charge is 2.32. The number of pyridine rings is 1. The van der Waals surface area contributed by atoms with Crippen LogP contribution in [-0.4, -0.2) is 25.8 Å². The normalized spacial score (nSPS) is 15.0. The first-order valence-electron chi connectivity index (χ1n) is 14.6. The van der Waals surface area contributed by atoms with Crippen molar-refractivity contribution in [3.05, 3.63) is 71.3 Å². The Balaban J connectivity index is 1.49. The van der Waals surface area contributed by atoms with Gasteiger partial charge in [-0.2, -0.15) is 5.10 Å². The smallest absolute Gasteiger partial charge is 0.234 e. The molecule has 0 fully saturated rings. The summed E-state index contributed by atoms with van der Waals surface area (Å²) in [5, 5.41) is 15.0. The summed E-state index contributed by atoms with van der Waals surface area (Å²) in [7, 11) is 0. The minimum absolute atomic E-state index is 0.0514. The SMILES string of the molecule is CCCCCCCCCn1cc(CN(C(=O)C2CCCc3c(O)cccc32)c2ccc(C(C)C)nc2)cn1. The maximum atomic E-state index is 14.1.